The largest absolute Gasteiger partial charge is 0.401 e. The lowest BCUT2D eigenvalue weighted by molar-refractivity contribution is -0.143. The molecule has 1 rings (SSSR count). The minimum atomic E-state index is -4.15. The standard InChI is InChI=1S/C18H29F3N4.HI/c1-17(2,15-9-6-5-7-10-15)13-24-16(22-3)23-11-8-12-25(4)14-18(19,20)21;/h5-7,9-10H,8,11-14H2,1-4H3,(H2,22,23,24);1H. The van der Waals surface area contributed by atoms with E-state index < -0.39 is 12.7 Å². The van der Waals surface area contributed by atoms with Crippen LogP contribution in [0, 0.1) is 0 Å². The normalized spacial score (nSPS) is 12.7. The van der Waals surface area contributed by atoms with Crippen LogP contribution in [0.4, 0.5) is 13.2 Å². The molecule has 0 spiro atoms. The van der Waals surface area contributed by atoms with Crippen molar-refractivity contribution in [3.8, 4) is 0 Å². The Morgan fingerprint density at radius 2 is 1.73 bits per heavy atom. The summed E-state index contributed by atoms with van der Waals surface area (Å²) >= 11 is 0. The third kappa shape index (κ3) is 10.2. The van der Waals surface area contributed by atoms with Crippen molar-refractivity contribution >= 4 is 29.9 Å². The lowest BCUT2D eigenvalue weighted by Gasteiger charge is -2.27. The lowest BCUT2D eigenvalue weighted by Crippen LogP contribution is -2.44. The first-order chi connectivity index (χ1) is 11.6. The Labute approximate surface area is 171 Å². The summed E-state index contributed by atoms with van der Waals surface area (Å²) in [5, 5.41) is 6.42. The fourth-order valence-electron chi connectivity index (χ4n) is 2.46. The monoisotopic (exact) mass is 486 g/mol. The second kappa shape index (κ2) is 11.6. The highest BCUT2D eigenvalue weighted by Gasteiger charge is 2.28. The molecule has 0 unspecified atom stereocenters. The molecule has 2 N–H and O–H groups in total. The number of nitrogens with zero attached hydrogens (tertiary/aromatic N) is 2. The maximum Gasteiger partial charge on any atom is 0.401 e. The van der Waals surface area contributed by atoms with E-state index in [0.29, 0.717) is 32.0 Å². The molecular weight excluding hydrogens is 456 g/mol. The van der Waals surface area contributed by atoms with Crippen LogP contribution in [-0.2, 0) is 5.41 Å². The van der Waals surface area contributed by atoms with Gasteiger partial charge in [-0.25, -0.2) is 0 Å². The number of halogens is 4. The fourth-order valence-corrected chi connectivity index (χ4v) is 2.46. The summed E-state index contributed by atoms with van der Waals surface area (Å²) in [6.45, 7) is 5.05. The highest BCUT2D eigenvalue weighted by atomic mass is 127. The van der Waals surface area contributed by atoms with Gasteiger partial charge in [0.15, 0.2) is 5.96 Å². The number of nitrogens with one attached hydrogen (secondary N) is 2. The Kier molecular flexibility index (Phi) is 11.2. The molecule has 0 aliphatic carbocycles. The van der Waals surface area contributed by atoms with Crippen LogP contribution in [0.3, 0.4) is 0 Å². The van der Waals surface area contributed by atoms with Crippen molar-refractivity contribution in [2.75, 3.05) is 40.3 Å². The zero-order valence-electron chi connectivity index (χ0n) is 15.9. The van der Waals surface area contributed by atoms with Crippen molar-refractivity contribution in [2.45, 2.75) is 31.9 Å². The van der Waals surface area contributed by atoms with Crippen LogP contribution in [0.15, 0.2) is 35.3 Å². The highest BCUT2D eigenvalue weighted by molar-refractivity contribution is 14.0. The topological polar surface area (TPSA) is 39.7 Å². The minimum absolute atomic E-state index is 0. The van der Waals surface area contributed by atoms with E-state index in [-0.39, 0.29) is 29.4 Å². The van der Waals surface area contributed by atoms with E-state index in [1.54, 1.807) is 7.05 Å². The third-order valence-corrected chi connectivity index (χ3v) is 3.93. The average molecular weight is 486 g/mol. The summed E-state index contributed by atoms with van der Waals surface area (Å²) in [7, 11) is 3.16. The molecule has 1 aromatic carbocycles. The molecular formula is C18H30F3IN4. The Hall–Kier alpha value is -1.03. The van der Waals surface area contributed by atoms with Crippen molar-refractivity contribution in [1.29, 1.82) is 0 Å². The van der Waals surface area contributed by atoms with E-state index in [9.17, 15) is 13.2 Å². The first-order valence-electron chi connectivity index (χ1n) is 8.39. The molecule has 0 atom stereocenters. The molecule has 0 saturated carbocycles. The summed E-state index contributed by atoms with van der Waals surface area (Å²) in [4.78, 5) is 5.44. The number of guanidine groups is 1. The van der Waals surface area contributed by atoms with Gasteiger partial charge in [-0.15, -0.1) is 24.0 Å². The second-order valence-corrected chi connectivity index (χ2v) is 6.81. The molecule has 0 saturated heterocycles. The van der Waals surface area contributed by atoms with E-state index >= 15 is 0 Å². The van der Waals surface area contributed by atoms with Crippen LogP contribution in [-0.4, -0.2) is 57.3 Å². The molecule has 8 heteroatoms. The van der Waals surface area contributed by atoms with Crippen molar-refractivity contribution in [2.24, 2.45) is 4.99 Å². The number of hydrogen-bond donors (Lipinski definition) is 2. The summed E-state index contributed by atoms with van der Waals surface area (Å²) in [6.07, 6.45) is -3.54. The van der Waals surface area contributed by atoms with Gasteiger partial charge in [0, 0.05) is 25.6 Å². The number of hydrogen-bond acceptors (Lipinski definition) is 2. The van der Waals surface area contributed by atoms with Gasteiger partial charge in [0.05, 0.1) is 6.54 Å². The molecule has 0 aromatic heterocycles. The van der Waals surface area contributed by atoms with E-state index in [4.69, 9.17) is 0 Å². The van der Waals surface area contributed by atoms with Crippen LogP contribution < -0.4 is 10.6 Å². The predicted molar refractivity (Wildman–Crippen MR) is 112 cm³/mol. The molecule has 1 aromatic rings. The van der Waals surface area contributed by atoms with E-state index in [1.165, 1.54) is 17.5 Å². The first kappa shape index (κ1) is 25.0. The second-order valence-electron chi connectivity index (χ2n) is 6.81. The molecule has 0 radical (unpaired) electrons. The Morgan fingerprint density at radius 3 is 2.27 bits per heavy atom. The van der Waals surface area contributed by atoms with Crippen LogP contribution in [0.1, 0.15) is 25.8 Å². The third-order valence-electron chi connectivity index (χ3n) is 3.93. The zero-order chi connectivity index (χ0) is 18.9. The molecule has 0 amide bonds. The van der Waals surface area contributed by atoms with E-state index in [2.05, 4.69) is 41.6 Å². The molecule has 0 bridgehead atoms. The molecule has 0 heterocycles. The highest BCUT2D eigenvalue weighted by Crippen LogP contribution is 2.21. The predicted octanol–water partition coefficient (Wildman–Crippen LogP) is 3.63. The molecule has 26 heavy (non-hydrogen) atoms. The van der Waals surface area contributed by atoms with Crippen LogP contribution in [0.25, 0.3) is 0 Å². The maximum atomic E-state index is 12.3. The van der Waals surface area contributed by atoms with Gasteiger partial charge in [0.2, 0.25) is 0 Å². The van der Waals surface area contributed by atoms with Gasteiger partial charge in [-0.1, -0.05) is 44.2 Å². The molecule has 0 fully saturated rings. The fraction of sp³-hybridized carbons (Fsp3) is 0.611. The molecule has 0 aliphatic rings. The number of alkyl halides is 3. The van der Waals surface area contributed by atoms with E-state index in [0.717, 1.165) is 0 Å². The number of benzene rings is 1. The molecule has 0 aliphatic heterocycles. The quantitative estimate of drug-likeness (QED) is 0.255. The summed E-state index contributed by atoms with van der Waals surface area (Å²) < 4.78 is 36.8. The molecule has 4 nitrogen and oxygen atoms in total. The van der Waals surface area contributed by atoms with Crippen LogP contribution >= 0.6 is 24.0 Å². The summed E-state index contributed by atoms with van der Waals surface area (Å²) in [5.41, 5.74) is 1.16. The van der Waals surface area contributed by atoms with Crippen LogP contribution in [0.5, 0.6) is 0 Å². The van der Waals surface area contributed by atoms with E-state index in [1.807, 2.05) is 18.2 Å². The zero-order valence-corrected chi connectivity index (χ0v) is 18.2. The summed E-state index contributed by atoms with van der Waals surface area (Å²) in [5.74, 6) is 0.655. The minimum Gasteiger partial charge on any atom is -0.356 e. The molecule has 150 valence electrons. The lowest BCUT2D eigenvalue weighted by atomic mass is 9.85. The smallest absolute Gasteiger partial charge is 0.356 e. The van der Waals surface area contributed by atoms with Gasteiger partial charge in [0.25, 0.3) is 0 Å². The van der Waals surface area contributed by atoms with Gasteiger partial charge >= 0.3 is 6.18 Å². The Balaban J connectivity index is 0.00000625. The van der Waals surface area contributed by atoms with Crippen molar-refractivity contribution in [3.05, 3.63) is 35.9 Å². The number of aliphatic imine (C=N–C) groups is 1. The maximum absolute atomic E-state index is 12.3. The van der Waals surface area contributed by atoms with Crippen molar-refractivity contribution in [1.82, 2.24) is 15.5 Å². The average Bonchev–Trinajstić information content (AvgIpc) is 2.53. The van der Waals surface area contributed by atoms with Gasteiger partial charge in [-0.3, -0.25) is 9.89 Å². The SMILES string of the molecule is CN=C(NCCCN(C)CC(F)(F)F)NCC(C)(C)c1ccccc1.I. The Morgan fingerprint density at radius 1 is 1.12 bits per heavy atom. The van der Waals surface area contributed by atoms with Crippen molar-refractivity contribution in [3.63, 3.8) is 0 Å². The Bertz CT molecular complexity index is 533. The van der Waals surface area contributed by atoms with Gasteiger partial charge in [0.1, 0.15) is 0 Å². The summed E-state index contributed by atoms with van der Waals surface area (Å²) in [6, 6.07) is 10.2. The number of rotatable bonds is 8. The van der Waals surface area contributed by atoms with Crippen molar-refractivity contribution < 1.29 is 13.2 Å². The van der Waals surface area contributed by atoms with Gasteiger partial charge in [-0.2, -0.15) is 13.2 Å². The first-order valence-corrected chi connectivity index (χ1v) is 8.39. The van der Waals surface area contributed by atoms with Crippen LogP contribution in [0.2, 0.25) is 0 Å². The van der Waals surface area contributed by atoms with Gasteiger partial charge in [-0.05, 0) is 25.6 Å². The van der Waals surface area contributed by atoms with Gasteiger partial charge < -0.3 is 10.6 Å².